The van der Waals surface area contributed by atoms with Gasteiger partial charge in [-0.2, -0.15) is 68.4 Å². The molecule has 0 aliphatic heterocycles. The third-order valence-electron chi connectivity index (χ3n) is 5.19. The molecule has 0 heterocycles. The SMILES string of the molecule is C#N.C#N.C#N.C=C(C)C#N.C=CC#N.C=CC(C)C#N.C=CCC#N.C=CCCC#N.CC(C#N)CCC#N.CC(C#N)CCC#N.CCC(C#N)CC#N.N#CCCCCC#N.[NH]=[V]. The minimum atomic E-state index is -0.0556. The van der Waals surface area contributed by atoms with Crippen molar-refractivity contribution >= 4 is 0 Å². The zero-order valence-electron chi connectivity index (χ0n) is 39.2. The topological polar surface area (TPSA) is 404 Å². The zero-order valence-corrected chi connectivity index (χ0v) is 40.6. The molecule has 17 nitrogen and oxygen atoms in total. The van der Waals surface area contributed by atoms with E-state index in [2.05, 4.69) is 52.6 Å². The van der Waals surface area contributed by atoms with Crippen molar-refractivity contribution in [1.29, 1.82) is 88.4 Å². The van der Waals surface area contributed by atoms with E-state index in [1.807, 2.05) is 93.6 Å². The summed E-state index contributed by atoms with van der Waals surface area (Å²) >= 11 is 1.56. The van der Waals surface area contributed by atoms with Gasteiger partial charge in [0, 0.05) is 75.3 Å². The molecule has 66 heavy (non-hydrogen) atoms. The molecule has 0 saturated heterocycles. The molecular weight excluding hydrogens is 866 g/mol. The van der Waals surface area contributed by atoms with Gasteiger partial charge in [0.1, 0.15) is 0 Å². The number of nitrogens with one attached hydrogen (secondary N) is 1. The Hall–Kier alpha value is -9.08. The number of unbranched alkanes of at least 4 members (excludes halogenated alkanes) is 4. The Morgan fingerprint density at radius 1 is 0.561 bits per heavy atom. The number of nitriles is 16. The Labute approximate surface area is 407 Å². The Morgan fingerprint density at radius 3 is 1.02 bits per heavy atom. The fraction of sp³-hybridized carbons (Fsp3) is 0.458. The van der Waals surface area contributed by atoms with Crippen molar-refractivity contribution in [3.05, 3.63) is 62.8 Å². The van der Waals surface area contributed by atoms with Crippen LogP contribution in [-0.2, 0) is 17.2 Å². The molecule has 0 amide bonds. The third-order valence-corrected chi connectivity index (χ3v) is 5.19. The first-order chi connectivity index (χ1) is 31.7. The van der Waals surface area contributed by atoms with Gasteiger partial charge in [-0.15, -0.1) is 19.7 Å². The number of hydrogen-bond acceptors (Lipinski definition) is 17. The number of nitrogens with zero attached hydrogens (tertiary/aromatic N) is 16. The summed E-state index contributed by atoms with van der Waals surface area (Å²) in [5.41, 5.74) is 0.560. The van der Waals surface area contributed by atoms with Gasteiger partial charge in [-0.3, -0.25) is 0 Å². The van der Waals surface area contributed by atoms with Gasteiger partial charge in [-0.1, -0.05) is 38.3 Å². The first-order valence-corrected chi connectivity index (χ1v) is 19.5. The molecule has 0 aromatic rings. The Bertz CT molecular complexity index is 1690. The van der Waals surface area contributed by atoms with Crippen LogP contribution in [0.15, 0.2) is 62.8 Å². The first-order valence-electron chi connectivity index (χ1n) is 18.8. The second kappa shape index (κ2) is 131. The monoisotopic (exact) mass is 928 g/mol. The van der Waals surface area contributed by atoms with Crippen LogP contribution in [0.1, 0.15) is 118 Å². The molecule has 345 valence electrons. The van der Waals surface area contributed by atoms with E-state index in [1.54, 1.807) is 55.4 Å². The Kier molecular flexibility index (Phi) is 183. The van der Waals surface area contributed by atoms with Crippen LogP contribution < -0.4 is 0 Å². The molecule has 0 aromatic carbocycles. The van der Waals surface area contributed by atoms with Gasteiger partial charge in [0.25, 0.3) is 0 Å². The van der Waals surface area contributed by atoms with Crippen LogP contribution in [0.25, 0.3) is 0 Å². The van der Waals surface area contributed by atoms with E-state index in [4.69, 9.17) is 88.4 Å². The number of hydrogen-bond donors (Lipinski definition) is 1. The molecule has 0 spiro atoms. The van der Waals surface area contributed by atoms with Crippen LogP contribution in [0.3, 0.4) is 0 Å². The maximum atomic E-state index is 8.26. The second-order valence-corrected chi connectivity index (χ2v) is 10.6. The summed E-state index contributed by atoms with van der Waals surface area (Å²) in [4.78, 5) is 0. The Morgan fingerprint density at radius 2 is 0.909 bits per heavy atom. The first kappa shape index (κ1) is 92.3. The average molecular weight is 929 g/mol. The standard InChI is InChI=1S/4C6H8N2.2C5H7N.2C4H5N.C3H3N.3CHN.HN.V/c2*1-6(5-8)3-2-4-7;1-2-6(5-8)3-4-7;7-5-3-1-2-4-6-8;1-3-5(2)4-6;1-2-3-4-5-6;1-4(2)3-5;1-2-3-4-5;1-2-3-4;3*1-2;;/h3*6H,2-3H2,1H3;1-4H2;3,5H,1H2,2H3;2H,1,3-4H2;1H2,2H3;2H,1,3H2;2H,1H2;3*1H;1H;. The van der Waals surface area contributed by atoms with Gasteiger partial charge < -0.3 is 0 Å². The van der Waals surface area contributed by atoms with Crippen molar-refractivity contribution in [2.75, 3.05) is 0 Å². The third kappa shape index (κ3) is 220. The number of allylic oxidation sites excluding steroid dienone is 5. The molecule has 0 aromatic heterocycles. The summed E-state index contributed by atoms with van der Waals surface area (Å²) < 4.78 is 5.69. The van der Waals surface area contributed by atoms with Gasteiger partial charge in [0.05, 0.1) is 104 Å². The molecule has 4 atom stereocenters. The van der Waals surface area contributed by atoms with Gasteiger partial charge in [-0.05, 0) is 66.2 Å². The van der Waals surface area contributed by atoms with E-state index in [1.165, 1.54) is 6.08 Å². The van der Waals surface area contributed by atoms with Crippen LogP contribution in [0.4, 0.5) is 0 Å². The van der Waals surface area contributed by atoms with E-state index in [9.17, 15) is 0 Å². The van der Waals surface area contributed by atoms with Crippen molar-refractivity contribution in [3.8, 4) is 98.6 Å². The summed E-state index contributed by atoms with van der Waals surface area (Å²) in [5.74, 6) is 0.0225. The van der Waals surface area contributed by atoms with Crippen molar-refractivity contribution in [1.82, 2.24) is 0 Å². The Balaban J connectivity index is -0.0000000430. The van der Waals surface area contributed by atoms with Crippen molar-refractivity contribution in [2.24, 2.45) is 23.7 Å². The van der Waals surface area contributed by atoms with Crippen molar-refractivity contribution < 1.29 is 17.2 Å². The quantitative estimate of drug-likeness (QED) is 0.102. The van der Waals surface area contributed by atoms with Crippen LogP contribution >= 0.6 is 0 Å². The van der Waals surface area contributed by atoms with Crippen molar-refractivity contribution in [2.45, 2.75) is 118 Å². The predicted octanol–water partition coefficient (Wildman–Crippen LogP) is 12.3. The van der Waals surface area contributed by atoms with Gasteiger partial charge >= 0.3 is 21.4 Å². The van der Waals surface area contributed by atoms with E-state index < -0.39 is 0 Å². The summed E-state index contributed by atoms with van der Waals surface area (Å²) in [7, 11) is 0. The molecule has 0 radical (unpaired) electrons. The summed E-state index contributed by atoms with van der Waals surface area (Å²) in [6, 6.07) is 25.5. The van der Waals surface area contributed by atoms with E-state index in [0.717, 1.165) is 25.7 Å². The van der Waals surface area contributed by atoms with E-state index >= 15 is 0 Å². The fourth-order valence-electron chi connectivity index (χ4n) is 1.77. The molecule has 0 fully saturated rings. The molecule has 0 aliphatic carbocycles. The molecule has 0 aliphatic rings. The average Bonchev–Trinajstić information content (AvgIpc) is 3.38. The van der Waals surface area contributed by atoms with E-state index in [0.29, 0.717) is 63.4 Å². The van der Waals surface area contributed by atoms with Crippen LogP contribution in [0.2, 0.25) is 0 Å². The number of rotatable bonds is 13. The second-order valence-electron chi connectivity index (χ2n) is 10.6. The normalized spacial score (nSPS) is 7.89. The molecule has 1 N–H and O–H groups in total. The van der Waals surface area contributed by atoms with Crippen molar-refractivity contribution in [3.63, 3.8) is 0 Å². The molecule has 0 bridgehead atoms. The fourth-order valence-corrected chi connectivity index (χ4v) is 1.77. The molecular formula is C48H63N17V. The molecule has 4 unspecified atom stereocenters. The van der Waals surface area contributed by atoms with Gasteiger partial charge in [0.2, 0.25) is 0 Å². The minimum absolute atomic E-state index is 0.00463. The van der Waals surface area contributed by atoms with Gasteiger partial charge in [-0.25, -0.2) is 15.8 Å². The predicted molar refractivity (Wildman–Crippen MR) is 248 cm³/mol. The maximum absolute atomic E-state index is 8.26. The van der Waals surface area contributed by atoms with E-state index in [-0.39, 0.29) is 23.7 Å². The summed E-state index contributed by atoms with van der Waals surface area (Å²) in [6.07, 6.45) is 14.4. The molecule has 0 rings (SSSR count). The van der Waals surface area contributed by atoms with Crippen LogP contribution in [0.5, 0.6) is 0 Å². The van der Waals surface area contributed by atoms with Crippen LogP contribution in [0, 0.1) is 211 Å². The summed E-state index contributed by atoms with van der Waals surface area (Å²) in [6.45, 7) is 36.1. The molecule has 18 heteroatoms. The van der Waals surface area contributed by atoms with Crippen LogP contribution in [-0.4, -0.2) is 0 Å². The van der Waals surface area contributed by atoms with Gasteiger partial charge in [0.15, 0.2) is 0 Å². The summed E-state index contributed by atoms with van der Waals surface area (Å²) in [5, 5.41) is 123. The molecule has 0 saturated carbocycles. The zero-order chi connectivity index (χ0) is 55.1.